The van der Waals surface area contributed by atoms with E-state index in [2.05, 4.69) is 69.3 Å². The first-order valence-electron chi connectivity index (χ1n) is 26.8. The van der Waals surface area contributed by atoms with Crippen molar-refractivity contribution in [3.63, 3.8) is 0 Å². The summed E-state index contributed by atoms with van der Waals surface area (Å²) in [5.74, 6) is 0.665. The number of hydrogen-bond acceptors (Lipinski definition) is 6. The van der Waals surface area contributed by atoms with E-state index in [9.17, 15) is 14.4 Å². The molecule has 0 fully saturated rings. The van der Waals surface area contributed by atoms with Crippen molar-refractivity contribution in [1.29, 1.82) is 0 Å². The Morgan fingerprint density at radius 2 is 0.785 bits per heavy atom. The quantitative estimate of drug-likeness (QED) is 0.0208. The zero-order valence-electron chi connectivity index (χ0n) is 43.7. The van der Waals surface area contributed by atoms with Crippen molar-refractivity contribution in [3.05, 3.63) is 24.3 Å². The summed E-state index contributed by atoms with van der Waals surface area (Å²) in [4.78, 5) is 44.7. The summed E-state index contributed by atoms with van der Waals surface area (Å²) in [5, 5.41) is 12.0. The molecule has 0 heterocycles. The highest BCUT2D eigenvalue weighted by atomic mass is 16.6. The third-order valence-electron chi connectivity index (χ3n) is 11.0. The van der Waals surface area contributed by atoms with Crippen molar-refractivity contribution in [1.82, 2.24) is 26.2 Å². The van der Waals surface area contributed by atoms with E-state index in [0.717, 1.165) is 38.8 Å². The van der Waals surface area contributed by atoms with Gasteiger partial charge >= 0.3 is 12.2 Å². The molecule has 3 amide bonds. The topological polar surface area (TPSA) is 133 Å². The molecule has 0 saturated carbocycles. The molecule has 0 spiro atoms. The fourth-order valence-electron chi connectivity index (χ4n) is 7.38. The average molecular weight is 917 g/mol. The number of nitrogens with zero attached hydrogens (tertiary/aromatic N) is 2. The molecule has 0 atom stereocenters. The molecule has 380 valence electrons. The number of aliphatic imine (C=N–C) groups is 1. The van der Waals surface area contributed by atoms with Crippen molar-refractivity contribution in [3.8, 4) is 0 Å². The molecule has 0 rings (SSSR count). The lowest BCUT2D eigenvalue weighted by Crippen LogP contribution is -2.44. The van der Waals surface area contributed by atoms with E-state index in [1.165, 1.54) is 154 Å². The van der Waals surface area contributed by atoms with E-state index < -0.39 is 23.4 Å². The smallest absolute Gasteiger partial charge is 0.407 e. The minimum Gasteiger partial charge on any atom is -0.444 e. The molecular formula is C54H104N6O5. The second kappa shape index (κ2) is 43.3. The van der Waals surface area contributed by atoms with Crippen LogP contribution in [0, 0.1) is 0 Å². The molecule has 0 unspecified atom stereocenters. The maximum absolute atomic E-state index is 13.7. The van der Waals surface area contributed by atoms with Crippen LogP contribution < -0.4 is 21.3 Å². The van der Waals surface area contributed by atoms with Gasteiger partial charge in [0, 0.05) is 45.7 Å². The van der Waals surface area contributed by atoms with Crippen molar-refractivity contribution < 1.29 is 23.9 Å². The fraction of sp³-hybridized carbons (Fsp3) is 0.852. The zero-order chi connectivity index (χ0) is 48.1. The van der Waals surface area contributed by atoms with E-state index in [0.29, 0.717) is 38.6 Å². The molecule has 0 aliphatic carbocycles. The average Bonchev–Trinajstić information content (AvgIpc) is 3.24. The van der Waals surface area contributed by atoms with Crippen molar-refractivity contribution in [2.75, 3.05) is 45.8 Å². The predicted molar refractivity (Wildman–Crippen MR) is 277 cm³/mol. The van der Waals surface area contributed by atoms with Crippen LogP contribution in [0.2, 0.25) is 0 Å². The summed E-state index contributed by atoms with van der Waals surface area (Å²) in [6, 6.07) is 0. The van der Waals surface area contributed by atoms with Gasteiger partial charge in [0.1, 0.15) is 11.2 Å². The Morgan fingerprint density at radius 3 is 1.18 bits per heavy atom. The van der Waals surface area contributed by atoms with E-state index in [-0.39, 0.29) is 12.5 Å². The van der Waals surface area contributed by atoms with Crippen LogP contribution in [0.5, 0.6) is 0 Å². The number of hydrogen-bond donors (Lipinski definition) is 4. The van der Waals surface area contributed by atoms with Gasteiger partial charge in [-0.1, -0.05) is 154 Å². The summed E-state index contributed by atoms with van der Waals surface area (Å²) in [5.41, 5.74) is -1.17. The van der Waals surface area contributed by atoms with Crippen LogP contribution >= 0.6 is 0 Å². The number of nitrogens with one attached hydrogen (secondary N) is 4. The largest absolute Gasteiger partial charge is 0.444 e. The van der Waals surface area contributed by atoms with E-state index in [1.54, 1.807) is 0 Å². The summed E-state index contributed by atoms with van der Waals surface area (Å²) < 4.78 is 10.7. The van der Waals surface area contributed by atoms with Crippen LogP contribution in [0.4, 0.5) is 9.59 Å². The number of guanidine groups is 1. The summed E-state index contributed by atoms with van der Waals surface area (Å²) >= 11 is 0. The number of carbonyl (C=O) groups is 3. The van der Waals surface area contributed by atoms with Crippen LogP contribution in [0.1, 0.15) is 242 Å². The standard InChI is InChI=1S/C54H104N6O5/c1-9-11-13-15-17-19-21-23-25-27-29-31-33-35-37-39-47-60(48-40-38-36-34-32-30-28-26-24-22-20-18-16-14-12-10-2)49(61)41-42-55-50(56-43-45-58-51(62)64-53(3,4)5)57-44-46-59-52(63)65-54(6,7)8/h23-26H,9-22,27-48H2,1-8H3,(H,58,62)(H,59,63)(H2,55,56,57). The Kier molecular flexibility index (Phi) is 41.2. The number of alkyl carbamates (subject to hydrolysis) is 2. The van der Waals surface area contributed by atoms with Gasteiger partial charge in [0.2, 0.25) is 5.91 Å². The Bertz CT molecular complexity index is 1180. The van der Waals surface area contributed by atoms with Crippen LogP contribution in [0.25, 0.3) is 0 Å². The van der Waals surface area contributed by atoms with Gasteiger partial charge in [-0.2, -0.15) is 0 Å². The maximum atomic E-state index is 13.7. The van der Waals surface area contributed by atoms with Crippen LogP contribution in [-0.2, 0) is 14.3 Å². The van der Waals surface area contributed by atoms with Crippen LogP contribution in [0.15, 0.2) is 29.3 Å². The monoisotopic (exact) mass is 917 g/mol. The number of allylic oxidation sites excluding steroid dienone is 4. The molecule has 11 nitrogen and oxygen atoms in total. The molecule has 0 saturated heterocycles. The molecule has 0 aliphatic heterocycles. The lowest BCUT2D eigenvalue weighted by atomic mass is 10.1. The van der Waals surface area contributed by atoms with E-state index in [1.807, 2.05) is 41.5 Å². The first-order chi connectivity index (χ1) is 31.3. The number of ether oxygens (including phenoxy) is 2. The molecule has 0 aliphatic rings. The molecule has 11 heteroatoms. The van der Waals surface area contributed by atoms with Gasteiger partial charge in [0.05, 0.1) is 6.54 Å². The van der Waals surface area contributed by atoms with Crippen molar-refractivity contribution in [2.45, 2.75) is 253 Å². The third kappa shape index (κ3) is 47.1. The number of unbranched alkanes of at least 4 members (excludes halogenated alkanes) is 24. The molecule has 0 radical (unpaired) electrons. The summed E-state index contributed by atoms with van der Waals surface area (Å²) in [6.07, 6.45) is 44.5. The molecular weight excluding hydrogens is 813 g/mol. The second-order valence-corrected chi connectivity index (χ2v) is 19.9. The van der Waals surface area contributed by atoms with Gasteiger partial charge in [-0.15, -0.1) is 0 Å². The first kappa shape index (κ1) is 61.8. The highest BCUT2D eigenvalue weighted by molar-refractivity contribution is 5.81. The van der Waals surface area contributed by atoms with Gasteiger partial charge < -0.3 is 35.6 Å². The predicted octanol–water partition coefficient (Wildman–Crippen LogP) is 13.9. The van der Waals surface area contributed by atoms with Crippen molar-refractivity contribution >= 4 is 24.1 Å². The highest BCUT2D eigenvalue weighted by Crippen LogP contribution is 2.14. The normalized spacial score (nSPS) is 12.2. The molecule has 65 heavy (non-hydrogen) atoms. The number of carbonyl (C=O) groups excluding carboxylic acids is 3. The van der Waals surface area contributed by atoms with Gasteiger partial charge in [0.25, 0.3) is 0 Å². The van der Waals surface area contributed by atoms with E-state index >= 15 is 0 Å². The molecule has 0 aromatic rings. The molecule has 4 N–H and O–H groups in total. The minimum absolute atomic E-state index is 0.163. The Hall–Kier alpha value is -3.24. The second-order valence-electron chi connectivity index (χ2n) is 19.9. The van der Waals surface area contributed by atoms with E-state index in [4.69, 9.17) is 9.47 Å². The highest BCUT2D eigenvalue weighted by Gasteiger charge is 2.17. The third-order valence-corrected chi connectivity index (χ3v) is 11.0. The fourth-order valence-corrected chi connectivity index (χ4v) is 7.38. The van der Waals surface area contributed by atoms with Gasteiger partial charge in [0.15, 0.2) is 5.96 Å². The molecule has 0 aromatic heterocycles. The lowest BCUT2D eigenvalue weighted by Gasteiger charge is -2.23. The van der Waals surface area contributed by atoms with Gasteiger partial charge in [-0.05, 0) is 106 Å². The maximum Gasteiger partial charge on any atom is 0.407 e. The Balaban J connectivity index is 4.99. The SMILES string of the molecule is CCCCCCCCC=CCCCCCCCCN(CCCCCCCCC=CCCCCCCCC)C(=O)CCNC(=NCCNC(=O)OC(C)(C)C)NCCNC(=O)OC(C)(C)C. The first-order valence-corrected chi connectivity index (χ1v) is 26.8. The Labute approximate surface area is 400 Å². The molecule has 0 bridgehead atoms. The van der Waals surface area contributed by atoms with Crippen LogP contribution in [-0.4, -0.2) is 86.0 Å². The molecule has 0 aromatic carbocycles. The minimum atomic E-state index is -0.586. The lowest BCUT2D eigenvalue weighted by molar-refractivity contribution is -0.131. The number of amides is 3. The Morgan fingerprint density at radius 1 is 0.446 bits per heavy atom. The van der Waals surface area contributed by atoms with Gasteiger partial charge in [-0.25, -0.2) is 9.59 Å². The summed E-state index contributed by atoms with van der Waals surface area (Å²) in [6.45, 7) is 18.8. The van der Waals surface area contributed by atoms with Gasteiger partial charge in [-0.3, -0.25) is 9.79 Å². The zero-order valence-corrected chi connectivity index (χ0v) is 43.7. The number of rotatable bonds is 41. The van der Waals surface area contributed by atoms with Crippen molar-refractivity contribution in [2.24, 2.45) is 4.99 Å². The summed E-state index contributed by atoms with van der Waals surface area (Å²) in [7, 11) is 0. The van der Waals surface area contributed by atoms with Crippen LogP contribution in [0.3, 0.4) is 0 Å².